The van der Waals surface area contributed by atoms with E-state index in [2.05, 4.69) is 76.4 Å². The van der Waals surface area contributed by atoms with Gasteiger partial charge in [-0.2, -0.15) is 0 Å². The smallest absolute Gasteiger partial charge is 0.0343 e. The fourth-order valence-corrected chi connectivity index (χ4v) is 2.93. The molecule has 2 atom stereocenters. The summed E-state index contributed by atoms with van der Waals surface area (Å²) in [7, 11) is 0. The molecule has 0 radical (unpaired) electrons. The summed E-state index contributed by atoms with van der Waals surface area (Å²) < 4.78 is 0. The maximum absolute atomic E-state index is 3.66. The van der Waals surface area contributed by atoms with Crippen LogP contribution in [0.1, 0.15) is 67.2 Å². The molecule has 2 N–H and O–H groups in total. The summed E-state index contributed by atoms with van der Waals surface area (Å²) in [6.07, 6.45) is 4.79. The van der Waals surface area contributed by atoms with Crippen LogP contribution in [0.4, 0.5) is 11.4 Å². The molecule has 0 aliphatic carbocycles. The fraction of sp³-hybridized carbons (Fsp3) is 0.700. The predicted octanol–water partition coefficient (Wildman–Crippen LogP) is 6.16. The quantitative estimate of drug-likeness (QED) is 0.541. The third-order valence-electron chi connectivity index (χ3n) is 4.12. The van der Waals surface area contributed by atoms with Gasteiger partial charge in [0.2, 0.25) is 0 Å². The van der Waals surface area contributed by atoms with Crippen molar-refractivity contribution in [1.82, 2.24) is 0 Å². The van der Waals surface area contributed by atoms with Crippen molar-refractivity contribution in [2.24, 2.45) is 11.8 Å². The molecule has 1 rings (SSSR count). The molecule has 0 aromatic heterocycles. The van der Waals surface area contributed by atoms with Crippen LogP contribution in [0.25, 0.3) is 0 Å². The molecule has 22 heavy (non-hydrogen) atoms. The Morgan fingerprint density at radius 3 is 1.23 bits per heavy atom. The zero-order chi connectivity index (χ0) is 16.5. The largest absolute Gasteiger partial charge is 0.382 e. The molecule has 0 saturated heterocycles. The highest BCUT2D eigenvalue weighted by Gasteiger charge is 2.10. The van der Waals surface area contributed by atoms with Crippen molar-refractivity contribution in [3.05, 3.63) is 24.3 Å². The lowest BCUT2D eigenvalue weighted by atomic mass is 10.0. The Morgan fingerprint density at radius 2 is 1.00 bits per heavy atom. The van der Waals surface area contributed by atoms with Crippen molar-refractivity contribution >= 4 is 11.4 Å². The van der Waals surface area contributed by atoms with Gasteiger partial charge < -0.3 is 10.6 Å². The molecule has 0 amide bonds. The van der Waals surface area contributed by atoms with E-state index in [0.29, 0.717) is 12.1 Å². The summed E-state index contributed by atoms with van der Waals surface area (Å²) >= 11 is 0. The molecule has 0 fully saturated rings. The highest BCUT2D eigenvalue weighted by Crippen LogP contribution is 2.20. The second-order valence-electron chi connectivity index (χ2n) is 7.34. The fourth-order valence-electron chi connectivity index (χ4n) is 2.93. The first kappa shape index (κ1) is 18.9. The molecule has 0 bridgehead atoms. The number of hydrogen-bond acceptors (Lipinski definition) is 2. The Bertz CT molecular complexity index is 356. The summed E-state index contributed by atoms with van der Waals surface area (Å²) in [6.45, 7) is 13.7. The van der Waals surface area contributed by atoms with Crippen LogP contribution in [0.3, 0.4) is 0 Å². The van der Waals surface area contributed by atoms with Gasteiger partial charge in [0.25, 0.3) is 0 Å². The molecule has 0 heterocycles. The molecule has 0 aliphatic heterocycles. The van der Waals surface area contributed by atoms with Gasteiger partial charge in [0.05, 0.1) is 0 Å². The first-order valence-corrected chi connectivity index (χ1v) is 9.07. The van der Waals surface area contributed by atoms with Crippen molar-refractivity contribution in [2.75, 3.05) is 10.6 Å². The second kappa shape index (κ2) is 9.76. The van der Waals surface area contributed by atoms with Crippen molar-refractivity contribution in [3.63, 3.8) is 0 Å². The van der Waals surface area contributed by atoms with E-state index in [4.69, 9.17) is 0 Å². The Hall–Kier alpha value is -1.18. The van der Waals surface area contributed by atoms with Crippen LogP contribution in [-0.2, 0) is 0 Å². The monoisotopic (exact) mass is 304 g/mol. The van der Waals surface area contributed by atoms with Gasteiger partial charge in [-0.25, -0.2) is 0 Å². The summed E-state index contributed by atoms with van der Waals surface area (Å²) in [5, 5.41) is 7.32. The Labute approximate surface area is 138 Å². The van der Waals surface area contributed by atoms with E-state index in [1.54, 1.807) is 0 Å². The number of anilines is 2. The van der Waals surface area contributed by atoms with E-state index in [0.717, 1.165) is 11.8 Å². The Morgan fingerprint density at radius 1 is 0.682 bits per heavy atom. The maximum Gasteiger partial charge on any atom is 0.0343 e. The molecule has 1 aromatic carbocycles. The highest BCUT2D eigenvalue weighted by molar-refractivity contribution is 5.54. The van der Waals surface area contributed by atoms with E-state index < -0.39 is 0 Å². The lowest BCUT2D eigenvalue weighted by Crippen LogP contribution is -2.21. The first-order chi connectivity index (χ1) is 10.4. The maximum atomic E-state index is 3.66. The molecule has 0 saturated carbocycles. The molecular weight excluding hydrogens is 268 g/mol. The van der Waals surface area contributed by atoms with E-state index in [-0.39, 0.29) is 0 Å². The third kappa shape index (κ3) is 7.20. The predicted molar refractivity (Wildman–Crippen MR) is 101 cm³/mol. The Kier molecular flexibility index (Phi) is 8.37. The summed E-state index contributed by atoms with van der Waals surface area (Å²) in [5.41, 5.74) is 2.46. The van der Waals surface area contributed by atoms with Crippen LogP contribution in [0, 0.1) is 11.8 Å². The van der Waals surface area contributed by atoms with Crippen molar-refractivity contribution in [2.45, 2.75) is 79.3 Å². The van der Waals surface area contributed by atoms with Gasteiger partial charge in [-0.3, -0.25) is 0 Å². The normalized spacial score (nSPS) is 14.2. The van der Waals surface area contributed by atoms with Gasteiger partial charge in [0.15, 0.2) is 0 Å². The minimum atomic E-state index is 0.572. The summed E-state index contributed by atoms with van der Waals surface area (Å²) in [6, 6.07) is 9.95. The summed E-state index contributed by atoms with van der Waals surface area (Å²) in [5.74, 6) is 1.47. The topological polar surface area (TPSA) is 24.1 Å². The van der Waals surface area contributed by atoms with Gasteiger partial charge in [-0.05, 0) is 61.8 Å². The van der Waals surface area contributed by atoms with Crippen LogP contribution in [0.15, 0.2) is 24.3 Å². The highest BCUT2D eigenvalue weighted by atomic mass is 14.9. The van der Waals surface area contributed by atoms with Gasteiger partial charge in [0, 0.05) is 23.5 Å². The zero-order valence-corrected chi connectivity index (χ0v) is 15.4. The van der Waals surface area contributed by atoms with E-state index in [9.17, 15) is 0 Å². The molecule has 0 aliphatic rings. The van der Waals surface area contributed by atoms with Gasteiger partial charge in [0.1, 0.15) is 0 Å². The number of rotatable bonds is 10. The third-order valence-corrected chi connectivity index (χ3v) is 4.12. The molecule has 2 nitrogen and oxygen atoms in total. The first-order valence-electron chi connectivity index (χ1n) is 9.07. The average molecular weight is 305 g/mol. The van der Waals surface area contributed by atoms with Gasteiger partial charge >= 0.3 is 0 Å². The van der Waals surface area contributed by atoms with Crippen LogP contribution in [0.5, 0.6) is 0 Å². The molecular formula is C20H36N2. The van der Waals surface area contributed by atoms with Gasteiger partial charge in [-0.15, -0.1) is 0 Å². The van der Waals surface area contributed by atoms with Gasteiger partial charge in [-0.1, -0.05) is 41.5 Å². The molecule has 2 heteroatoms. The SMILES string of the molecule is CC[C@H](CC(C)C)Nc1ccc(N[C@H](CC)CC(C)C)cc1. The minimum absolute atomic E-state index is 0.572. The van der Waals surface area contributed by atoms with Crippen molar-refractivity contribution < 1.29 is 0 Å². The lowest BCUT2D eigenvalue weighted by Gasteiger charge is -2.22. The Balaban J connectivity index is 2.58. The second-order valence-corrected chi connectivity index (χ2v) is 7.34. The molecule has 126 valence electrons. The van der Waals surface area contributed by atoms with Crippen LogP contribution in [0.2, 0.25) is 0 Å². The molecule has 0 unspecified atom stereocenters. The van der Waals surface area contributed by atoms with E-state index in [1.807, 2.05) is 0 Å². The minimum Gasteiger partial charge on any atom is -0.382 e. The van der Waals surface area contributed by atoms with E-state index in [1.165, 1.54) is 37.1 Å². The van der Waals surface area contributed by atoms with Crippen molar-refractivity contribution in [1.29, 1.82) is 0 Å². The number of benzene rings is 1. The zero-order valence-electron chi connectivity index (χ0n) is 15.4. The average Bonchev–Trinajstić information content (AvgIpc) is 2.46. The number of nitrogens with one attached hydrogen (secondary N) is 2. The molecule has 1 aromatic rings. The standard InChI is InChI=1S/C20H36N2/c1-7-17(13-15(3)4)21-19-9-11-20(12-10-19)22-18(8-2)14-16(5)6/h9-12,15-18,21-22H,7-8,13-14H2,1-6H3/t17-,18-/m1/s1. The summed E-state index contributed by atoms with van der Waals surface area (Å²) in [4.78, 5) is 0. The molecule has 0 spiro atoms. The van der Waals surface area contributed by atoms with Crippen LogP contribution in [-0.4, -0.2) is 12.1 Å². The lowest BCUT2D eigenvalue weighted by molar-refractivity contribution is 0.507. The van der Waals surface area contributed by atoms with Crippen molar-refractivity contribution in [3.8, 4) is 0 Å². The van der Waals surface area contributed by atoms with E-state index >= 15 is 0 Å². The van der Waals surface area contributed by atoms with Crippen LogP contribution >= 0.6 is 0 Å². The van der Waals surface area contributed by atoms with Crippen LogP contribution < -0.4 is 10.6 Å². The number of hydrogen-bond donors (Lipinski definition) is 2.